The quantitative estimate of drug-likeness (QED) is 0.169. The molecule has 4 rings (SSSR count). The minimum absolute atomic E-state index is 0.0829. The third-order valence-corrected chi connectivity index (χ3v) is 11.7. The first-order valence-corrected chi connectivity index (χ1v) is 15.6. The van der Waals surface area contributed by atoms with Crippen LogP contribution in [0.1, 0.15) is 112 Å². The van der Waals surface area contributed by atoms with Gasteiger partial charge in [0.25, 0.3) is 0 Å². The zero-order valence-corrected chi connectivity index (χ0v) is 23.8. The molecule has 0 spiro atoms. The molecule has 0 amide bonds. The average Bonchev–Trinajstić information content (AvgIpc) is 3.16. The fourth-order valence-electron chi connectivity index (χ4n) is 9.05. The molecule has 3 nitrogen and oxygen atoms in total. The molecule has 0 aromatic heterocycles. The van der Waals surface area contributed by atoms with Crippen LogP contribution in [0.5, 0.6) is 0 Å². The summed E-state index contributed by atoms with van der Waals surface area (Å²) in [7, 11) is -2.38. The van der Waals surface area contributed by atoms with Crippen LogP contribution in [0.4, 0.5) is 4.20 Å². The van der Waals surface area contributed by atoms with Crippen molar-refractivity contribution in [3.8, 4) is 6.07 Å². The largest absolute Gasteiger partial charge is 0.375 e. The zero-order valence-electron chi connectivity index (χ0n) is 22.9. The molecule has 0 aliphatic heterocycles. The second-order valence-corrected chi connectivity index (χ2v) is 14.1. The highest BCUT2D eigenvalue weighted by molar-refractivity contribution is 7.41. The van der Waals surface area contributed by atoms with Crippen molar-refractivity contribution >= 4 is 8.69 Å². The molecule has 0 heterocycles. The van der Waals surface area contributed by atoms with Crippen molar-refractivity contribution in [2.75, 3.05) is 6.61 Å². The molecule has 1 unspecified atom stereocenters. The van der Waals surface area contributed by atoms with Gasteiger partial charge in [-0.25, -0.2) is 0 Å². The Bertz CT molecular complexity index is 796. The van der Waals surface area contributed by atoms with E-state index in [1.54, 1.807) is 0 Å². The Balaban J connectivity index is 1.39. The number of fused-ring (bicyclic) bond motifs is 5. The van der Waals surface area contributed by atoms with Gasteiger partial charge in [0.15, 0.2) is 0 Å². The van der Waals surface area contributed by atoms with Crippen LogP contribution < -0.4 is 0 Å². The molecule has 3 fully saturated rings. The third kappa shape index (κ3) is 5.68. The van der Waals surface area contributed by atoms with Gasteiger partial charge in [0.2, 0.25) is 0 Å². The molecule has 0 N–H and O–H groups in total. The molecule has 4 aliphatic carbocycles. The van der Waals surface area contributed by atoms with Crippen LogP contribution in [-0.4, -0.2) is 12.7 Å². The number of allylic oxidation sites excluding steroid dienone is 1. The maximum Gasteiger partial charge on any atom is 0.375 e. The molecular weight excluding hydrogens is 456 g/mol. The normalized spacial score (nSPS) is 40.3. The van der Waals surface area contributed by atoms with E-state index >= 15 is 0 Å². The van der Waals surface area contributed by atoms with Crippen LogP contribution in [0.2, 0.25) is 0 Å². The van der Waals surface area contributed by atoms with Crippen LogP contribution in [-0.2, 0) is 9.05 Å². The van der Waals surface area contributed by atoms with Gasteiger partial charge in [0.05, 0.1) is 25.2 Å². The Labute approximate surface area is 215 Å². The Hall–Kier alpha value is -0.490. The van der Waals surface area contributed by atoms with E-state index in [-0.39, 0.29) is 24.5 Å². The summed E-state index contributed by atoms with van der Waals surface area (Å²) in [6, 6.07) is 1.99. The Morgan fingerprint density at radius 1 is 1.11 bits per heavy atom. The molecule has 35 heavy (non-hydrogen) atoms. The topological polar surface area (TPSA) is 42.2 Å². The molecule has 9 atom stereocenters. The van der Waals surface area contributed by atoms with Crippen molar-refractivity contribution in [2.24, 2.45) is 46.3 Å². The number of hydrogen-bond donors (Lipinski definition) is 0. The van der Waals surface area contributed by atoms with Gasteiger partial charge >= 0.3 is 8.69 Å². The molecule has 198 valence electrons. The van der Waals surface area contributed by atoms with E-state index in [1.807, 2.05) is 6.07 Å². The Kier molecular flexibility index (Phi) is 9.04. The van der Waals surface area contributed by atoms with Gasteiger partial charge in [-0.1, -0.05) is 65.5 Å². The number of hydrogen-bond acceptors (Lipinski definition) is 3. The zero-order chi connectivity index (χ0) is 25.2. The number of nitriles is 1. The van der Waals surface area contributed by atoms with Gasteiger partial charge in [-0.15, -0.1) is 0 Å². The van der Waals surface area contributed by atoms with E-state index in [4.69, 9.17) is 14.3 Å². The SMILES string of the molecule is CC(C)CCC[C@@H](C)[C@H]1CC[C@H]2[C@@H]3CC=C4C[C@@H](OP(F)OCCC#N)CC[C@]4(C)[C@H]3CC[C@]12C. The van der Waals surface area contributed by atoms with Gasteiger partial charge in [-0.05, 0) is 97.7 Å². The van der Waals surface area contributed by atoms with Crippen molar-refractivity contribution < 1.29 is 13.2 Å². The van der Waals surface area contributed by atoms with Gasteiger partial charge in [0, 0.05) is 0 Å². The summed E-state index contributed by atoms with van der Waals surface area (Å²) >= 11 is 0. The van der Waals surface area contributed by atoms with Crippen molar-refractivity contribution in [1.29, 1.82) is 5.26 Å². The van der Waals surface area contributed by atoms with Crippen molar-refractivity contribution in [3.05, 3.63) is 11.6 Å². The van der Waals surface area contributed by atoms with E-state index in [0.717, 1.165) is 54.8 Å². The van der Waals surface area contributed by atoms with E-state index in [9.17, 15) is 4.20 Å². The molecule has 4 aliphatic rings. The smallest absolute Gasteiger partial charge is 0.308 e. The second-order valence-electron chi connectivity index (χ2n) is 13.2. The Morgan fingerprint density at radius 2 is 1.91 bits per heavy atom. The molecular formula is C30H49FNO2P. The highest BCUT2D eigenvalue weighted by Crippen LogP contribution is 2.67. The highest BCUT2D eigenvalue weighted by atomic mass is 31.2. The van der Waals surface area contributed by atoms with Crippen molar-refractivity contribution in [1.82, 2.24) is 0 Å². The first kappa shape index (κ1) is 27.5. The molecule has 3 saturated carbocycles. The summed E-state index contributed by atoms with van der Waals surface area (Å²) in [5.74, 6) is 5.03. The minimum Gasteiger partial charge on any atom is -0.308 e. The second kappa shape index (κ2) is 11.5. The monoisotopic (exact) mass is 505 g/mol. The molecule has 0 aromatic carbocycles. The molecule has 5 heteroatoms. The standard InChI is InChI=1S/C30H49FNO2P/c1-21(2)8-6-9-22(3)26-12-13-27-25-11-10-23-20-24(34-35(31)33-19-7-18-32)14-16-29(23,4)28(25)15-17-30(26,27)5/h10,21-22,24-28H,6-9,11-17,19-20H2,1-5H3/t22-,24+,25+,26-,27+,28+,29+,30-,35?/m1/s1. The average molecular weight is 506 g/mol. The maximum absolute atomic E-state index is 14.2. The first-order chi connectivity index (χ1) is 16.7. The number of halogens is 1. The third-order valence-electron chi connectivity index (χ3n) is 10.9. The van der Waals surface area contributed by atoms with Crippen LogP contribution in [0.15, 0.2) is 11.6 Å². The van der Waals surface area contributed by atoms with Crippen LogP contribution in [0.3, 0.4) is 0 Å². The Morgan fingerprint density at radius 3 is 2.66 bits per heavy atom. The van der Waals surface area contributed by atoms with E-state index in [0.29, 0.717) is 5.41 Å². The fourth-order valence-corrected chi connectivity index (χ4v) is 9.76. The molecule has 0 saturated heterocycles. The lowest BCUT2D eigenvalue weighted by Gasteiger charge is -2.58. The fraction of sp³-hybridized carbons (Fsp3) is 0.900. The van der Waals surface area contributed by atoms with Crippen LogP contribution in [0, 0.1) is 57.7 Å². The van der Waals surface area contributed by atoms with E-state index < -0.39 is 8.69 Å². The minimum atomic E-state index is -2.38. The lowest BCUT2D eigenvalue weighted by molar-refractivity contribution is -0.0563. The van der Waals surface area contributed by atoms with Gasteiger partial charge < -0.3 is 9.05 Å². The maximum atomic E-state index is 14.2. The highest BCUT2D eigenvalue weighted by Gasteiger charge is 2.59. The molecule has 0 radical (unpaired) electrons. The van der Waals surface area contributed by atoms with Crippen molar-refractivity contribution in [3.63, 3.8) is 0 Å². The first-order valence-electron chi connectivity index (χ1n) is 14.5. The lowest BCUT2D eigenvalue weighted by Crippen LogP contribution is -2.50. The van der Waals surface area contributed by atoms with Gasteiger partial charge in [-0.3, -0.25) is 0 Å². The summed E-state index contributed by atoms with van der Waals surface area (Å²) < 4.78 is 25.0. The lowest BCUT2D eigenvalue weighted by atomic mass is 9.47. The van der Waals surface area contributed by atoms with Crippen LogP contribution >= 0.6 is 8.69 Å². The summed E-state index contributed by atoms with van der Waals surface area (Å²) in [5.41, 5.74) is 2.30. The van der Waals surface area contributed by atoms with Crippen LogP contribution in [0.25, 0.3) is 0 Å². The summed E-state index contributed by atoms with van der Waals surface area (Å²) in [6.45, 7) is 12.5. The molecule has 0 bridgehead atoms. The van der Waals surface area contributed by atoms with E-state index in [2.05, 4.69) is 40.7 Å². The number of rotatable bonds is 10. The van der Waals surface area contributed by atoms with Crippen molar-refractivity contribution in [2.45, 2.75) is 118 Å². The van der Waals surface area contributed by atoms with Gasteiger partial charge in [0.1, 0.15) is 0 Å². The predicted octanol–water partition coefficient (Wildman–Crippen LogP) is 9.54. The summed E-state index contributed by atoms with van der Waals surface area (Å²) in [6.07, 6.45) is 16.5. The van der Waals surface area contributed by atoms with Gasteiger partial charge in [-0.2, -0.15) is 9.46 Å². The van der Waals surface area contributed by atoms with E-state index in [1.165, 1.54) is 56.9 Å². The predicted molar refractivity (Wildman–Crippen MR) is 142 cm³/mol. The summed E-state index contributed by atoms with van der Waals surface area (Å²) in [4.78, 5) is 0. The molecule has 0 aromatic rings. The number of nitrogens with zero attached hydrogens (tertiary/aromatic N) is 1. The summed E-state index contributed by atoms with van der Waals surface area (Å²) in [5, 5.41) is 8.63.